The maximum Gasteiger partial charge on any atom is 0.573 e. The minimum Gasteiger partial charge on any atom is -0.406 e. The van der Waals surface area contributed by atoms with Gasteiger partial charge in [0.25, 0.3) is 0 Å². The molecule has 4 nitrogen and oxygen atoms in total. The summed E-state index contributed by atoms with van der Waals surface area (Å²) in [5.74, 6) is -1.84. The zero-order valence-corrected chi connectivity index (χ0v) is 13.0. The maximum absolute atomic E-state index is 13.7. The van der Waals surface area contributed by atoms with Crippen LogP contribution in [0.2, 0.25) is 0 Å². The third-order valence-corrected chi connectivity index (χ3v) is 3.34. The Morgan fingerprint density at radius 3 is 2.33 bits per heavy atom. The third kappa shape index (κ3) is 4.36. The van der Waals surface area contributed by atoms with Crippen molar-refractivity contribution < 1.29 is 35.5 Å². The van der Waals surface area contributed by atoms with E-state index >= 15 is 0 Å². The lowest BCUT2D eigenvalue weighted by molar-refractivity contribution is -0.274. The van der Waals surface area contributed by atoms with Crippen LogP contribution in [0.25, 0.3) is 16.9 Å². The van der Waals surface area contributed by atoms with Gasteiger partial charge in [-0.2, -0.15) is 18.3 Å². The monoisotopic (exact) mass is 391 g/mol. The first kappa shape index (κ1) is 18.7. The van der Waals surface area contributed by atoms with Crippen LogP contribution in [0.4, 0.5) is 30.7 Å². The molecule has 0 fully saturated rings. The van der Waals surface area contributed by atoms with Crippen LogP contribution in [0, 0.1) is 5.82 Å². The summed E-state index contributed by atoms with van der Waals surface area (Å²) in [6.07, 6.45) is -6.79. The van der Waals surface area contributed by atoms with E-state index in [1.807, 2.05) is 0 Å². The van der Waals surface area contributed by atoms with E-state index in [4.69, 9.17) is 0 Å². The normalized spacial score (nSPS) is 12.3. The highest BCUT2D eigenvalue weighted by molar-refractivity contribution is 5.64. The highest BCUT2D eigenvalue weighted by Gasteiger charge is 2.32. The van der Waals surface area contributed by atoms with Gasteiger partial charge in [-0.3, -0.25) is 4.98 Å². The molecule has 0 aliphatic rings. The second-order valence-electron chi connectivity index (χ2n) is 5.28. The molecule has 3 rings (SSSR count). The SMILES string of the molecule is Fc1cc(OC(F)(F)F)cc(-c2ccnn2-c2cncc(C(F)(F)F)c2)c1. The van der Waals surface area contributed by atoms with Crippen LogP contribution < -0.4 is 4.74 Å². The minimum atomic E-state index is -5.03. The molecule has 142 valence electrons. The van der Waals surface area contributed by atoms with Gasteiger partial charge < -0.3 is 4.74 Å². The number of pyridine rings is 1. The second-order valence-corrected chi connectivity index (χ2v) is 5.28. The molecule has 2 aromatic heterocycles. The number of alkyl halides is 6. The minimum absolute atomic E-state index is 0.0441. The lowest BCUT2D eigenvalue weighted by Gasteiger charge is -2.13. The summed E-state index contributed by atoms with van der Waals surface area (Å²) < 4.78 is 94.1. The number of benzene rings is 1. The standard InChI is InChI=1S/C16H8F7N3O/c17-11-3-9(4-13(6-11)27-16(21,22)23)14-1-2-25-26(14)12-5-10(7-24-8-12)15(18,19)20/h1-8H. The quantitative estimate of drug-likeness (QED) is 0.591. The van der Waals surface area contributed by atoms with Crippen molar-refractivity contribution in [2.75, 3.05) is 0 Å². The van der Waals surface area contributed by atoms with Gasteiger partial charge in [0.15, 0.2) is 0 Å². The van der Waals surface area contributed by atoms with Crippen LogP contribution in [0.15, 0.2) is 48.9 Å². The summed E-state index contributed by atoms with van der Waals surface area (Å²) in [5, 5.41) is 3.84. The summed E-state index contributed by atoms with van der Waals surface area (Å²) in [6, 6.07) is 4.38. The van der Waals surface area contributed by atoms with Gasteiger partial charge in [-0.25, -0.2) is 9.07 Å². The van der Waals surface area contributed by atoms with Crippen molar-refractivity contribution in [1.29, 1.82) is 0 Å². The van der Waals surface area contributed by atoms with Crippen LogP contribution >= 0.6 is 0 Å². The van der Waals surface area contributed by atoms with E-state index in [1.54, 1.807) is 0 Å². The molecule has 0 amide bonds. The molecular weight excluding hydrogens is 383 g/mol. The fourth-order valence-corrected chi connectivity index (χ4v) is 2.33. The van der Waals surface area contributed by atoms with Gasteiger partial charge in [-0.05, 0) is 24.3 Å². The zero-order chi connectivity index (χ0) is 19.8. The first-order valence-corrected chi connectivity index (χ1v) is 7.16. The first-order chi connectivity index (χ1) is 12.5. The molecule has 0 aliphatic heterocycles. The number of hydrogen-bond acceptors (Lipinski definition) is 3. The van der Waals surface area contributed by atoms with E-state index in [2.05, 4.69) is 14.8 Å². The predicted octanol–water partition coefficient (Wildman–Crippen LogP) is 4.99. The molecule has 0 atom stereocenters. The lowest BCUT2D eigenvalue weighted by Crippen LogP contribution is -2.17. The van der Waals surface area contributed by atoms with Gasteiger partial charge >= 0.3 is 12.5 Å². The van der Waals surface area contributed by atoms with Gasteiger partial charge in [0, 0.05) is 17.8 Å². The van der Waals surface area contributed by atoms with Crippen LogP contribution in [-0.2, 0) is 6.18 Å². The molecule has 0 bridgehead atoms. The molecule has 3 aromatic rings. The highest BCUT2D eigenvalue weighted by atomic mass is 19.4. The molecule has 11 heteroatoms. The van der Waals surface area contributed by atoms with Crippen molar-refractivity contribution in [3.8, 4) is 22.7 Å². The Morgan fingerprint density at radius 2 is 1.67 bits per heavy atom. The number of rotatable bonds is 3. The molecule has 0 saturated heterocycles. The summed E-state index contributed by atoms with van der Waals surface area (Å²) in [6.45, 7) is 0. The zero-order valence-electron chi connectivity index (χ0n) is 13.0. The Hall–Kier alpha value is -3.11. The third-order valence-electron chi connectivity index (χ3n) is 3.34. The van der Waals surface area contributed by atoms with E-state index in [9.17, 15) is 30.7 Å². The van der Waals surface area contributed by atoms with Gasteiger partial charge in [-0.15, -0.1) is 13.2 Å². The van der Waals surface area contributed by atoms with Crippen LogP contribution in [0.1, 0.15) is 5.56 Å². The Morgan fingerprint density at radius 1 is 0.926 bits per heavy atom. The Bertz CT molecular complexity index is 963. The van der Waals surface area contributed by atoms with E-state index in [1.165, 1.54) is 12.3 Å². The van der Waals surface area contributed by atoms with Gasteiger partial charge in [0.2, 0.25) is 0 Å². The maximum atomic E-state index is 13.7. The second kappa shape index (κ2) is 6.56. The van der Waals surface area contributed by atoms with E-state index in [0.29, 0.717) is 12.3 Å². The molecular formula is C16H8F7N3O. The van der Waals surface area contributed by atoms with Crippen molar-refractivity contribution in [1.82, 2.24) is 14.8 Å². The highest BCUT2D eigenvalue weighted by Crippen LogP contribution is 2.32. The first-order valence-electron chi connectivity index (χ1n) is 7.16. The largest absolute Gasteiger partial charge is 0.573 e. The number of hydrogen-bond donors (Lipinski definition) is 0. The molecule has 0 spiro atoms. The van der Waals surface area contributed by atoms with Gasteiger partial charge in [-0.1, -0.05) is 0 Å². The Kier molecular flexibility index (Phi) is 4.54. The fourth-order valence-electron chi connectivity index (χ4n) is 2.33. The molecule has 0 aliphatic carbocycles. The van der Waals surface area contributed by atoms with Crippen molar-refractivity contribution in [2.24, 2.45) is 0 Å². The van der Waals surface area contributed by atoms with Crippen LogP contribution in [0.5, 0.6) is 5.75 Å². The molecule has 1 aromatic carbocycles. The summed E-state index contributed by atoms with van der Waals surface area (Å²) in [7, 11) is 0. The van der Waals surface area contributed by atoms with Gasteiger partial charge in [0.1, 0.15) is 11.6 Å². The van der Waals surface area contributed by atoms with Gasteiger partial charge in [0.05, 0.1) is 29.3 Å². The van der Waals surface area contributed by atoms with E-state index in [0.717, 1.165) is 29.1 Å². The summed E-state index contributed by atoms with van der Waals surface area (Å²) >= 11 is 0. The number of ether oxygens (including phenoxy) is 1. The molecule has 27 heavy (non-hydrogen) atoms. The number of halogens is 7. The Balaban J connectivity index is 2.06. The average molecular weight is 391 g/mol. The molecule has 0 N–H and O–H groups in total. The van der Waals surface area contributed by atoms with Crippen LogP contribution in [0.3, 0.4) is 0 Å². The topological polar surface area (TPSA) is 39.9 Å². The lowest BCUT2D eigenvalue weighted by atomic mass is 10.1. The van der Waals surface area contributed by atoms with Crippen molar-refractivity contribution in [3.63, 3.8) is 0 Å². The van der Waals surface area contributed by atoms with Crippen molar-refractivity contribution in [2.45, 2.75) is 12.5 Å². The smallest absolute Gasteiger partial charge is 0.406 e. The average Bonchev–Trinajstić information content (AvgIpc) is 3.01. The summed E-state index contributed by atoms with van der Waals surface area (Å²) in [4.78, 5) is 3.50. The number of nitrogens with zero attached hydrogens (tertiary/aromatic N) is 3. The fraction of sp³-hybridized carbons (Fsp3) is 0.125. The van der Waals surface area contributed by atoms with Crippen molar-refractivity contribution in [3.05, 3.63) is 60.3 Å². The van der Waals surface area contributed by atoms with E-state index in [-0.39, 0.29) is 16.9 Å². The van der Waals surface area contributed by atoms with E-state index < -0.39 is 29.7 Å². The molecule has 0 saturated carbocycles. The molecule has 2 heterocycles. The van der Waals surface area contributed by atoms with Crippen molar-refractivity contribution >= 4 is 0 Å². The Labute approximate surface area is 146 Å². The molecule has 0 radical (unpaired) electrons. The number of aromatic nitrogens is 3. The van der Waals surface area contributed by atoms with Crippen LogP contribution in [-0.4, -0.2) is 21.1 Å². The summed E-state index contributed by atoms with van der Waals surface area (Å²) in [5.41, 5.74) is -1.18. The molecule has 0 unspecified atom stereocenters. The predicted molar refractivity (Wildman–Crippen MR) is 78.4 cm³/mol.